The molecular formula is C25H24N2O5S. The molecule has 0 saturated carbocycles. The zero-order valence-corrected chi connectivity index (χ0v) is 18.6. The van der Waals surface area contributed by atoms with Crippen LogP contribution in [0.25, 0.3) is 0 Å². The molecule has 7 nitrogen and oxygen atoms in total. The summed E-state index contributed by atoms with van der Waals surface area (Å²) < 4.78 is 19.8. The maximum absolute atomic E-state index is 11.6. The van der Waals surface area contributed by atoms with Crippen molar-refractivity contribution in [3.8, 4) is 12.3 Å². The summed E-state index contributed by atoms with van der Waals surface area (Å²) in [5.74, 6) is 2.66. The highest BCUT2D eigenvalue weighted by atomic mass is 32.1. The van der Waals surface area contributed by atoms with Crippen LogP contribution in [0.2, 0.25) is 0 Å². The summed E-state index contributed by atoms with van der Waals surface area (Å²) in [5.41, 5.74) is 0.169. The molecular weight excluding hydrogens is 440 g/mol. The minimum absolute atomic E-state index is 0.0118. The molecule has 1 aliphatic heterocycles. The number of aliphatic hydroxyl groups is 1. The van der Waals surface area contributed by atoms with Gasteiger partial charge in [0.1, 0.15) is 12.2 Å². The van der Waals surface area contributed by atoms with Gasteiger partial charge in [-0.15, -0.1) is 6.42 Å². The second kappa shape index (κ2) is 10.3. The molecule has 1 aliphatic rings. The van der Waals surface area contributed by atoms with Gasteiger partial charge < -0.3 is 19.3 Å². The van der Waals surface area contributed by atoms with Gasteiger partial charge in [0, 0.05) is 12.3 Å². The van der Waals surface area contributed by atoms with E-state index >= 15 is 0 Å². The van der Waals surface area contributed by atoms with E-state index in [-0.39, 0.29) is 23.5 Å². The van der Waals surface area contributed by atoms with Crippen LogP contribution in [0.4, 0.5) is 0 Å². The molecule has 8 heteroatoms. The number of nitrogens with zero attached hydrogens (tertiary/aromatic N) is 1. The Kier molecular flexibility index (Phi) is 7.18. The van der Waals surface area contributed by atoms with Gasteiger partial charge in [0.25, 0.3) is 5.56 Å². The van der Waals surface area contributed by atoms with Crippen LogP contribution >= 0.6 is 12.2 Å². The molecule has 2 aromatic carbocycles. The van der Waals surface area contributed by atoms with Gasteiger partial charge in [-0.2, -0.15) is 0 Å². The minimum Gasteiger partial charge on any atom is -0.386 e. The smallest absolute Gasteiger partial charge is 0.251 e. The average Bonchev–Trinajstić information content (AvgIpc) is 3.10. The van der Waals surface area contributed by atoms with E-state index in [4.69, 9.17) is 32.9 Å². The van der Waals surface area contributed by atoms with Crippen LogP contribution in [0.1, 0.15) is 17.4 Å². The molecule has 4 atom stereocenters. The van der Waals surface area contributed by atoms with Crippen molar-refractivity contribution in [3.05, 3.63) is 99.2 Å². The van der Waals surface area contributed by atoms with Crippen LogP contribution < -0.4 is 5.56 Å². The Morgan fingerprint density at radius 1 is 1.09 bits per heavy atom. The van der Waals surface area contributed by atoms with Crippen LogP contribution in [0.5, 0.6) is 0 Å². The van der Waals surface area contributed by atoms with Crippen molar-refractivity contribution in [1.29, 1.82) is 0 Å². The number of hydrogen-bond acceptors (Lipinski definition) is 6. The number of aromatic nitrogens is 2. The standard InChI is InChI=1S/C25H24N2O5S/c1-2-25(17-30-15-18-9-5-3-6-10-18)22(31-16-19-11-7-4-8-12-19)21(29)23(32-25)27-14-13-20(28)26-24(27)33/h1,3-14,21-23,29H,15-17H2,(H,26,28,33). The van der Waals surface area contributed by atoms with Crippen LogP contribution in [-0.2, 0) is 27.4 Å². The number of hydrogen-bond donors (Lipinski definition) is 2. The highest BCUT2D eigenvalue weighted by Crippen LogP contribution is 2.39. The SMILES string of the molecule is C#CC1(COCc2ccccc2)OC(n2ccc(=O)[nH]c2=S)C(O)C1OCc1ccccc1. The average molecular weight is 465 g/mol. The van der Waals surface area contributed by atoms with E-state index in [0.29, 0.717) is 6.61 Å². The third kappa shape index (κ3) is 5.14. The monoisotopic (exact) mass is 464 g/mol. The predicted octanol–water partition coefficient (Wildman–Crippen LogP) is 2.97. The van der Waals surface area contributed by atoms with Gasteiger partial charge in [0.05, 0.1) is 19.8 Å². The molecule has 0 aliphatic carbocycles. The summed E-state index contributed by atoms with van der Waals surface area (Å²) >= 11 is 5.26. The largest absolute Gasteiger partial charge is 0.386 e. The fourth-order valence-electron chi connectivity index (χ4n) is 3.79. The number of rotatable bonds is 8. The van der Waals surface area contributed by atoms with Crippen LogP contribution in [-0.4, -0.2) is 39.1 Å². The molecule has 170 valence electrons. The van der Waals surface area contributed by atoms with Gasteiger partial charge in [-0.1, -0.05) is 66.6 Å². The van der Waals surface area contributed by atoms with Gasteiger partial charge in [0.2, 0.25) is 0 Å². The topological polar surface area (TPSA) is 85.7 Å². The summed E-state index contributed by atoms with van der Waals surface area (Å²) in [6, 6.07) is 20.5. The first-order chi connectivity index (χ1) is 16.0. The van der Waals surface area contributed by atoms with E-state index in [1.165, 1.54) is 16.8 Å². The van der Waals surface area contributed by atoms with Crippen molar-refractivity contribution >= 4 is 12.2 Å². The molecule has 2 N–H and O–H groups in total. The maximum atomic E-state index is 11.6. The Bertz CT molecular complexity index is 1220. The van der Waals surface area contributed by atoms with Crippen molar-refractivity contribution < 1.29 is 19.3 Å². The Labute approximate surface area is 196 Å². The molecule has 0 bridgehead atoms. The summed E-state index contributed by atoms with van der Waals surface area (Å²) in [7, 11) is 0. The number of benzene rings is 2. The lowest BCUT2D eigenvalue weighted by atomic mass is 9.96. The molecule has 1 aromatic heterocycles. The third-order valence-corrected chi connectivity index (χ3v) is 5.78. The molecule has 0 spiro atoms. The zero-order chi connectivity index (χ0) is 23.3. The molecule has 1 saturated heterocycles. The molecule has 4 rings (SSSR count). The lowest BCUT2D eigenvalue weighted by molar-refractivity contribution is -0.124. The normalized spacial score (nSPS) is 24.4. The van der Waals surface area contributed by atoms with Gasteiger partial charge in [0.15, 0.2) is 16.6 Å². The first-order valence-electron chi connectivity index (χ1n) is 10.4. The molecule has 2 heterocycles. The van der Waals surface area contributed by atoms with Crippen LogP contribution in [0.15, 0.2) is 77.7 Å². The van der Waals surface area contributed by atoms with E-state index in [1.54, 1.807) is 0 Å². The fourth-order valence-corrected chi connectivity index (χ4v) is 4.05. The number of H-pyrrole nitrogens is 1. The third-order valence-electron chi connectivity index (χ3n) is 5.46. The van der Waals surface area contributed by atoms with Crippen LogP contribution in [0.3, 0.4) is 0 Å². The molecule has 0 amide bonds. The Balaban J connectivity index is 1.60. The molecule has 3 aromatic rings. The highest BCUT2D eigenvalue weighted by Gasteiger charge is 2.56. The van der Waals surface area contributed by atoms with Gasteiger partial charge in [-0.3, -0.25) is 14.3 Å². The number of nitrogens with one attached hydrogen (secondary N) is 1. The number of aromatic amines is 1. The van der Waals surface area contributed by atoms with Crippen molar-refractivity contribution in [2.24, 2.45) is 0 Å². The van der Waals surface area contributed by atoms with E-state index < -0.39 is 24.0 Å². The highest BCUT2D eigenvalue weighted by molar-refractivity contribution is 7.71. The Morgan fingerprint density at radius 3 is 2.33 bits per heavy atom. The van der Waals surface area contributed by atoms with Crippen molar-refractivity contribution in [2.75, 3.05) is 6.61 Å². The van der Waals surface area contributed by atoms with E-state index in [0.717, 1.165) is 11.1 Å². The lowest BCUT2D eigenvalue weighted by Gasteiger charge is -2.29. The van der Waals surface area contributed by atoms with Gasteiger partial charge in [-0.25, -0.2) is 0 Å². The zero-order valence-electron chi connectivity index (χ0n) is 17.8. The number of terminal acetylenes is 1. The second-order valence-corrected chi connectivity index (χ2v) is 8.13. The molecule has 0 radical (unpaired) electrons. The lowest BCUT2D eigenvalue weighted by Crippen LogP contribution is -2.47. The summed E-state index contributed by atoms with van der Waals surface area (Å²) in [5, 5.41) is 11.2. The first-order valence-corrected chi connectivity index (χ1v) is 10.9. The summed E-state index contributed by atoms with van der Waals surface area (Å²) in [4.78, 5) is 14.1. The van der Waals surface area contributed by atoms with E-state index in [1.807, 2.05) is 60.7 Å². The first kappa shape index (κ1) is 23.1. The van der Waals surface area contributed by atoms with Gasteiger partial charge >= 0.3 is 0 Å². The summed E-state index contributed by atoms with van der Waals surface area (Å²) in [6.45, 7) is 0.526. The predicted molar refractivity (Wildman–Crippen MR) is 125 cm³/mol. The Morgan fingerprint density at radius 2 is 1.73 bits per heavy atom. The number of ether oxygens (including phenoxy) is 3. The van der Waals surface area contributed by atoms with E-state index in [9.17, 15) is 9.90 Å². The molecule has 1 fully saturated rings. The van der Waals surface area contributed by atoms with Crippen molar-refractivity contribution in [3.63, 3.8) is 0 Å². The minimum atomic E-state index is -1.38. The molecule has 4 unspecified atom stereocenters. The molecule has 33 heavy (non-hydrogen) atoms. The Hall–Kier alpha value is -3.06. The quantitative estimate of drug-likeness (QED) is 0.394. The van der Waals surface area contributed by atoms with Gasteiger partial charge in [-0.05, 0) is 23.3 Å². The second-order valence-electron chi connectivity index (χ2n) is 7.75. The summed E-state index contributed by atoms with van der Waals surface area (Å²) in [6.07, 6.45) is 4.36. The van der Waals surface area contributed by atoms with E-state index in [2.05, 4.69) is 10.9 Å². The van der Waals surface area contributed by atoms with Crippen molar-refractivity contribution in [2.45, 2.75) is 37.3 Å². The number of aliphatic hydroxyl groups excluding tert-OH is 1. The fraction of sp³-hybridized carbons (Fsp3) is 0.280. The maximum Gasteiger partial charge on any atom is 0.251 e. The van der Waals surface area contributed by atoms with Crippen LogP contribution in [0, 0.1) is 17.1 Å². The van der Waals surface area contributed by atoms with Crippen molar-refractivity contribution in [1.82, 2.24) is 9.55 Å².